The maximum Gasteiger partial charge on any atom is 0.206 e. The minimum Gasteiger partial charge on any atom is -0.264 e. The molecule has 6 heteroatoms. The van der Waals surface area contributed by atoms with E-state index in [-0.39, 0.29) is 0 Å². The number of pyridine rings is 2. The van der Waals surface area contributed by atoms with E-state index in [9.17, 15) is 0 Å². The molecule has 0 aliphatic carbocycles. The second-order valence-electron chi connectivity index (χ2n) is 6.34. The lowest BCUT2D eigenvalue weighted by atomic mass is 9.95. The van der Waals surface area contributed by atoms with Gasteiger partial charge in [-0.15, -0.1) is 10.2 Å². The minimum absolute atomic E-state index is 0.533. The molecule has 0 aliphatic heterocycles. The number of H-pyrrole nitrogens is 1. The molecule has 0 fully saturated rings. The summed E-state index contributed by atoms with van der Waals surface area (Å²) in [5.74, 6) is 0.533. The quantitative estimate of drug-likeness (QED) is 0.596. The summed E-state index contributed by atoms with van der Waals surface area (Å²) in [5.41, 5.74) is 7.73. The Bertz CT molecular complexity index is 1060. The molecular formula is C21H18N6. The Morgan fingerprint density at radius 1 is 0.852 bits per heavy atom. The van der Waals surface area contributed by atoms with Gasteiger partial charge in [0.2, 0.25) is 5.82 Å². The van der Waals surface area contributed by atoms with Crippen LogP contribution in [0.1, 0.15) is 22.3 Å². The van der Waals surface area contributed by atoms with E-state index in [2.05, 4.69) is 74.8 Å². The van der Waals surface area contributed by atoms with Crippen molar-refractivity contribution in [1.82, 2.24) is 30.6 Å². The largest absolute Gasteiger partial charge is 0.264 e. The first kappa shape index (κ1) is 16.8. The molecule has 0 saturated heterocycles. The van der Waals surface area contributed by atoms with Crippen molar-refractivity contribution < 1.29 is 0 Å². The van der Waals surface area contributed by atoms with Crippen LogP contribution in [0.5, 0.6) is 0 Å². The number of nitrogens with one attached hydrogen (secondary N) is 1. The number of aromatic amines is 1. The molecule has 1 aromatic carbocycles. The predicted molar refractivity (Wildman–Crippen MR) is 105 cm³/mol. The Kier molecular flexibility index (Phi) is 4.53. The number of hydrogen-bond acceptors (Lipinski definition) is 5. The van der Waals surface area contributed by atoms with Gasteiger partial charge in [0.25, 0.3) is 0 Å². The predicted octanol–water partition coefficient (Wildman–Crippen LogP) is 4.11. The zero-order chi connectivity index (χ0) is 18.6. The molecule has 0 unspecified atom stereocenters. The van der Waals surface area contributed by atoms with Gasteiger partial charge in [-0.05, 0) is 59.0 Å². The molecule has 132 valence electrons. The molecule has 0 bridgehead atoms. The van der Waals surface area contributed by atoms with Gasteiger partial charge in [0.05, 0.1) is 0 Å². The fourth-order valence-electron chi connectivity index (χ4n) is 3.07. The third-order valence-corrected chi connectivity index (χ3v) is 4.39. The topological polar surface area (TPSA) is 80.2 Å². The number of rotatable bonds is 4. The molecule has 4 rings (SSSR count). The third kappa shape index (κ3) is 3.64. The Morgan fingerprint density at radius 2 is 1.67 bits per heavy atom. The molecule has 3 heterocycles. The number of nitrogens with zero attached hydrogens (tertiary/aromatic N) is 5. The van der Waals surface area contributed by atoms with Crippen LogP contribution in [0.4, 0.5) is 0 Å². The summed E-state index contributed by atoms with van der Waals surface area (Å²) in [7, 11) is 0. The SMILES string of the molecule is Cc1cc(-c2cccnc2)cc(C)c1/C=C/c1cncc(-c2nn[nH]n2)c1. The van der Waals surface area contributed by atoms with Gasteiger partial charge in [-0.2, -0.15) is 5.21 Å². The first-order valence-corrected chi connectivity index (χ1v) is 8.59. The van der Waals surface area contributed by atoms with Crippen LogP contribution in [-0.4, -0.2) is 30.6 Å². The van der Waals surface area contributed by atoms with E-state index in [1.54, 1.807) is 12.4 Å². The number of benzene rings is 1. The minimum atomic E-state index is 0.533. The van der Waals surface area contributed by atoms with Gasteiger partial charge in [0, 0.05) is 35.9 Å². The van der Waals surface area contributed by atoms with Crippen LogP contribution >= 0.6 is 0 Å². The summed E-state index contributed by atoms with van der Waals surface area (Å²) >= 11 is 0. The lowest BCUT2D eigenvalue weighted by molar-refractivity contribution is 0.881. The molecule has 4 aromatic rings. The summed E-state index contributed by atoms with van der Waals surface area (Å²) < 4.78 is 0. The monoisotopic (exact) mass is 354 g/mol. The normalized spacial score (nSPS) is 11.2. The first-order valence-electron chi connectivity index (χ1n) is 8.59. The summed E-state index contributed by atoms with van der Waals surface area (Å²) in [4.78, 5) is 8.48. The van der Waals surface area contributed by atoms with Crippen LogP contribution in [0, 0.1) is 13.8 Å². The van der Waals surface area contributed by atoms with Crippen LogP contribution in [0.3, 0.4) is 0 Å². The molecular weight excluding hydrogens is 336 g/mol. The Balaban J connectivity index is 1.64. The van der Waals surface area contributed by atoms with E-state index in [4.69, 9.17) is 0 Å². The van der Waals surface area contributed by atoms with Crippen molar-refractivity contribution in [1.29, 1.82) is 0 Å². The first-order chi connectivity index (χ1) is 13.2. The molecule has 0 aliphatic rings. The Hall–Kier alpha value is -3.67. The van der Waals surface area contributed by atoms with Crippen molar-refractivity contribution in [3.05, 3.63) is 77.4 Å². The van der Waals surface area contributed by atoms with Crippen LogP contribution in [-0.2, 0) is 0 Å². The molecule has 0 spiro atoms. The second-order valence-corrected chi connectivity index (χ2v) is 6.34. The molecule has 0 amide bonds. The zero-order valence-corrected chi connectivity index (χ0v) is 15.1. The van der Waals surface area contributed by atoms with Crippen molar-refractivity contribution in [2.24, 2.45) is 0 Å². The highest BCUT2D eigenvalue weighted by molar-refractivity contribution is 5.76. The van der Waals surface area contributed by atoms with E-state index in [1.807, 2.05) is 24.5 Å². The van der Waals surface area contributed by atoms with Gasteiger partial charge >= 0.3 is 0 Å². The number of aryl methyl sites for hydroxylation is 2. The highest BCUT2D eigenvalue weighted by atomic mass is 15.5. The second kappa shape index (κ2) is 7.29. The van der Waals surface area contributed by atoms with Gasteiger partial charge in [0.1, 0.15) is 0 Å². The van der Waals surface area contributed by atoms with E-state index in [0.717, 1.165) is 16.7 Å². The van der Waals surface area contributed by atoms with Crippen molar-refractivity contribution in [3.8, 4) is 22.5 Å². The lowest BCUT2D eigenvalue weighted by Gasteiger charge is -2.10. The van der Waals surface area contributed by atoms with Crippen LogP contribution < -0.4 is 0 Å². The van der Waals surface area contributed by atoms with Crippen LogP contribution in [0.2, 0.25) is 0 Å². The van der Waals surface area contributed by atoms with E-state index in [0.29, 0.717) is 5.82 Å². The summed E-state index contributed by atoms with van der Waals surface area (Å²) in [6, 6.07) is 10.4. The van der Waals surface area contributed by atoms with Crippen molar-refractivity contribution in [2.45, 2.75) is 13.8 Å². The van der Waals surface area contributed by atoms with Gasteiger partial charge in [-0.25, -0.2) is 0 Å². The molecule has 3 aromatic heterocycles. The highest BCUT2D eigenvalue weighted by Crippen LogP contribution is 2.26. The molecule has 0 atom stereocenters. The average molecular weight is 354 g/mol. The maximum atomic E-state index is 4.27. The van der Waals surface area contributed by atoms with Gasteiger partial charge in [-0.1, -0.05) is 30.4 Å². The molecule has 1 N–H and O–H groups in total. The van der Waals surface area contributed by atoms with Crippen molar-refractivity contribution in [3.63, 3.8) is 0 Å². The van der Waals surface area contributed by atoms with E-state index >= 15 is 0 Å². The van der Waals surface area contributed by atoms with Gasteiger partial charge in [-0.3, -0.25) is 9.97 Å². The third-order valence-electron chi connectivity index (χ3n) is 4.39. The van der Waals surface area contributed by atoms with Gasteiger partial charge in [0.15, 0.2) is 0 Å². The average Bonchev–Trinajstić information content (AvgIpc) is 3.23. The fourth-order valence-corrected chi connectivity index (χ4v) is 3.07. The fraction of sp³-hybridized carbons (Fsp3) is 0.0952. The van der Waals surface area contributed by atoms with E-state index in [1.165, 1.54) is 22.3 Å². The summed E-state index contributed by atoms with van der Waals surface area (Å²) in [6.45, 7) is 4.25. The highest BCUT2D eigenvalue weighted by Gasteiger charge is 2.06. The summed E-state index contributed by atoms with van der Waals surface area (Å²) in [6.07, 6.45) is 11.4. The molecule has 27 heavy (non-hydrogen) atoms. The van der Waals surface area contributed by atoms with Crippen molar-refractivity contribution >= 4 is 12.2 Å². The summed E-state index contributed by atoms with van der Waals surface area (Å²) in [5, 5.41) is 14.0. The Labute approximate surface area is 157 Å². The number of tetrazole rings is 1. The Morgan fingerprint density at radius 3 is 2.37 bits per heavy atom. The lowest BCUT2D eigenvalue weighted by Crippen LogP contribution is -1.90. The van der Waals surface area contributed by atoms with Crippen LogP contribution in [0.15, 0.2) is 55.1 Å². The van der Waals surface area contributed by atoms with E-state index < -0.39 is 0 Å². The maximum absolute atomic E-state index is 4.27. The molecule has 0 radical (unpaired) electrons. The van der Waals surface area contributed by atoms with Crippen LogP contribution in [0.25, 0.3) is 34.7 Å². The number of hydrogen-bond donors (Lipinski definition) is 1. The number of aromatic nitrogens is 6. The standard InChI is InChI=1S/C21H18N6/c1-14-8-18(17-4-3-7-22-12-17)9-15(2)20(14)6-5-16-10-19(13-23-11-16)21-24-26-27-25-21/h3-13H,1-2H3,(H,24,25,26,27)/b6-5+. The smallest absolute Gasteiger partial charge is 0.206 e. The molecule has 0 saturated carbocycles. The van der Waals surface area contributed by atoms with Crippen molar-refractivity contribution in [2.75, 3.05) is 0 Å². The van der Waals surface area contributed by atoms with Gasteiger partial charge < -0.3 is 0 Å². The molecule has 6 nitrogen and oxygen atoms in total. The zero-order valence-electron chi connectivity index (χ0n) is 15.1.